The Bertz CT molecular complexity index is 127. The normalized spacial score (nSPS) is 13.8. The van der Waals surface area contributed by atoms with E-state index in [1.807, 2.05) is 14.1 Å². The molecule has 0 aliphatic heterocycles. The largest absolute Gasteiger partial charge is 0.290 e. The van der Waals surface area contributed by atoms with Gasteiger partial charge < -0.3 is 0 Å². The van der Waals surface area contributed by atoms with Crippen LogP contribution in [0.3, 0.4) is 0 Å². The molecular formula is C8H23N3Si. The summed E-state index contributed by atoms with van der Waals surface area (Å²) in [5.41, 5.74) is 0. The van der Waals surface area contributed by atoms with E-state index in [9.17, 15) is 0 Å². The third-order valence-electron chi connectivity index (χ3n) is 2.32. The zero-order chi connectivity index (χ0) is 9.83. The van der Waals surface area contributed by atoms with Crippen LogP contribution in [-0.2, 0) is 0 Å². The Kier molecular flexibility index (Phi) is 4.40. The predicted molar refractivity (Wildman–Crippen MR) is 58.5 cm³/mol. The van der Waals surface area contributed by atoms with Crippen LogP contribution in [-0.4, -0.2) is 36.7 Å². The van der Waals surface area contributed by atoms with Gasteiger partial charge in [-0.1, -0.05) is 20.8 Å². The van der Waals surface area contributed by atoms with Gasteiger partial charge in [0.15, 0.2) is 0 Å². The smallest absolute Gasteiger partial charge is 0.124 e. The molecule has 4 heteroatoms. The first-order valence-electron chi connectivity index (χ1n) is 4.56. The zero-order valence-corrected chi connectivity index (χ0v) is 11.2. The highest BCUT2D eigenvalue weighted by Gasteiger charge is 2.38. The molecule has 0 unspecified atom stereocenters. The summed E-state index contributed by atoms with van der Waals surface area (Å²) in [7, 11) is 5.10. The Morgan fingerprint density at radius 2 is 1.58 bits per heavy atom. The molecule has 0 atom stereocenters. The van der Waals surface area contributed by atoms with Crippen molar-refractivity contribution < 1.29 is 0 Å². The van der Waals surface area contributed by atoms with Gasteiger partial charge in [0.1, 0.15) is 5.79 Å². The third kappa shape index (κ3) is 2.29. The van der Waals surface area contributed by atoms with Crippen molar-refractivity contribution in [2.24, 2.45) is 0 Å². The number of hydrogen-bond acceptors (Lipinski definition) is 3. The first kappa shape index (κ1) is 12.1. The highest BCUT2D eigenvalue weighted by Crippen LogP contribution is 2.29. The van der Waals surface area contributed by atoms with Crippen molar-refractivity contribution in [3.05, 3.63) is 0 Å². The van der Waals surface area contributed by atoms with Crippen molar-refractivity contribution in [2.45, 2.75) is 31.6 Å². The fourth-order valence-corrected chi connectivity index (χ4v) is 2.26. The molecule has 3 N–H and O–H groups in total. The Labute approximate surface area is 79.1 Å². The molecule has 12 heavy (non-hydrogen) atoms. The van der Waals surface area contributed by atoms with Crippen LogP contribution in [0.25, 0.3) is 0 Å². The maximum Gasteiger partial charge on any atom is 0.124 e. The van der Waals surface area contributed by atoms with Gasteiger partial charge in [0.2, 0.25) is 0 Å². The van der Waals surface area contributed by atoms with Gasteiger partial charge >= 0.3 is 0 Å². The highest BCUT2D eigenvalue weighted by atomic mass is 28.1. The SMILES string of the molecule is CCNC(NC)(NC)C(C)(C)[SiH3]. The van der Waals surface area contributed by atoms with Gasteiger partial charge in [0.25, 0.3) is 0 Å². The summed E-state index contributed by atoms with van der Waals surface area (Å²) in [6, 6.07) is 0. The van der Waals surface area contributed by atoms with E-state index in [-0.39, 0.29) is 10.8 Å². The average Bonchev–Trinajstić information content (AvgIpc) is 1.98. The maximum absolute atomic E-state index is 3.45. The standard InChI is InChI=1S/C8H23N3Si/c1-6-11-8(9-4,10-5)7(2,3)12/h9-11H,6H2,1-5,12H3. The van der Waals surface area contributed by atoms with E-state index < -0.39 is 0 Å². The van der Waals surface area contributed by atoms with Crippen molar-refractivity contribution in [3.63, 3.8) is 0 Å². The molecule has 0 saturated heterocycles. The van der Waals surface area contributed by atoms with Crippen LogP contribution < -0.4 is 16.0 Å². The second kappa shape index (κ2) is 4.37. The van der Waals surface area contributed by atoms with Gasteiger partial charge in [-0.05, 0) is 25.7 Å². The molecule has 0 rings (SSSR count). The summed E-state index contributed by atoms with van der Waals surface area (Å²) >= 11 is 0. The molecule has 0 aliphatic carbocycles. The summed E-state index contributed by atoms with van der Waals surface area (Å²) < 4.78 is 0. The van der Waals surface area contributed by atoms with Crippen LogP contribution in [0.4, 0.5) is 0 Å². The quantitative estimate of drug-likeness (QED) is 0.393. The molecule has 0 heterocycles. The van der Waals surface area contributed by atoms with Crippen LogP contribution >= 0.6 is 0 Å². The molecule has 0 fully saturated rings. The number of hydrogen-bond donors (Lipinski definition) is 3. The summed E-state index contributed by atoms with van der Waals surface area (Å²) in [5, 5.41) is 10.4. The molecule has 0 radical (unpaired) electrons. The lowest BCUT2D eigenvalue weighted by atomic mass is 10.0. The Morgan fingerprint density at radius 3 is 1.67 bits per heavy atom. The molecule has 0 aliphatic rings. The molecule has 0 spiro atoms. The van der Waals surface area contributed by atoms with Crippen molar-refractivity contribution in [1.29, 1.82) is 0 Å². The second-order valence-electron chi connectivity index (χ2n) is 4.03. The minimum atomic E-state index is -0.117. The topological polar surface area (TPSA) is 36.1 Å². The van der Waals surface area contributed by atoms with Gasteiger partial charge in [0, 0.05) is 10.2 Å². The van der Waals surface area contributed by atoms with Gasteiger partial charge in [-0.2, -0.15) is 0 Å². The van der Waals surface area contributed by atoms with Crippen LogP contribution in [0.1, 0.15) is 20.8 Å². The summed E-state index contributed by atoms with van der Waals surface area (Å²) in [5.74, 6) is -0.117. The molecule has 0 aromatic carbocycles. The van der Waals surface area contributed by atoms with E-state index in [0.29, 0.717) is 0 Å². The molecule has 0 aromatic heterocycles. The third-order valence-corrected chi connectivity index (χ3v) is 3.07. The second-order valence-corrected chi connectivity index (χ2v) is 6.53. The van der Waals surface area contributed by atoms with Gasteiger partial charge in [-0.3, -0.25) is 16.0 Å². The zero-order valence-electron chi connectivity index (χ0n) is 9.21. The Morgan fingerprint density at radius 1 is 1.17 bits per heavy atom. The van der Waals surface area contributed by atoms with E-state index in [1.54, 1.807) is 0 Å². The lowest BCUT2D eigenvalue weighted by molar-refractivity contribution is 0.172. The van der Waals surface area contributed by atoms with Gasteiger partial charge in [0.05, 0.1) is 0 Å². The van der Waals surface area contributed by atoms with Crippen LogP contribution in [0.5, 0.6) is 0 Å². The van der Waals surface area contributed by atoms with Crippen LogP contribution in [0.15, 0.2) is 0 Å². The van der Waals surface area contributed by atoms with Gasteiger partial charge in [-0.15, -0.1) is 0 Å². The minimum Gasteiger partial charge on any atom is -0.290 e. The van der Waals surface area contributed by atoms with E-state index >= 15 is 0 Å². The van der Waals surface area contributed by atoms with Crippen LogP contribution in [0.2, 0.25) is 5.04 Å². The maximum atomic E-state index is 3.45. The average molecular weight is 189 g/mol. The number of rotatable bonds is 5. The number of nitrogens with one attached hydrogen (secondary N) is 3. The fraction of sp³-hybridized carbons (Fsp3) is 1.00. The Balaban J connectivity index is 4.57. The summed E-state index contributed by atoms with van der Waals surface area (Å²) in [6.45, 7) is 7.60. The van der Waals surface area contributed by atoms with E-state index in [2.05, 4.69) is 36.7 Å². The predicted octanol–water partition coefficient (Wildman–Crippen LogP) is -0.748. The van der Waals surface area contributed by atoms with Gasteiger partial charge in [-0.25, -0.2) is 0 Å². The van der Waals surface area contributed by atoms with Crippen molar-refractivity contribution in [1.82, 2.24) is 16.0 Å². The van der Waals surface area contributed by atoms with Crippen LogP contribution in [0, 0.1) is 0 Å². The summed E-state index contributed by atoms with van der Waals surface area (Å²) in [4.78, 5) is 0. The summed E-state index contributed by atoms with van der Waals surface area (Å²) in [6.07, 6.45) is 0. The molecular weight excluding hydrogens is 166 g/mol. The highest BCUT2D eigenvalue weighted by molar-refractivity contribution is 6.15. The van der Waals surface area contributed by atoms with E-state index in [4.69, 9.17) is 0 Å². The lowest BCUT2D eigenvalue weighted by Gasteiger charge is -2.45. The molecule has 0 aromatic rings. The van der Waals surface area contributed by atoms with Crippen molar-refractivity contribution >= 4 is 10.2 Å². The van der Waals surface area contributed by atoms with E-state index in [0.717, 1.165) is 16.8 Å². The Hall–Kier alpha value is 0.0969. The first-order valence-corrected chi connectivity index (χ1v) is 5.56. The molecule has 0 amide bonds. The molecule has 0 bridgehead atoms. The van der Waals surface area contributed by atoms with Crippen molar-refractivity contribution in [2.75, 3.05) is 20.6 Å². The van der Waals surface area contributed by atoms with E-state index in [1.165, 1.54) is 0 Å². The first-order chi connectivity index (χ1) is 5.43. The van der Waals surface area contributed by atoms with Crippen molar-refractivity contribution in [3.8, 4) is 0 Å². The minimum absolute atomic E-state index is 0.117. The molecule has 74 valence electrons. The molecule has 0 saturated carbocycles. The molecule has 3 nitrogen and oxygen atoms in total. The monoisotopic (exact) mass is 189 g/mol. The lowest BCUT2D eigenvalue weighted by Crippen LogP contribution is -2.69. The fourth-order valence-electron chi connectivity index (χ4n) is 1.58.